The molecule has 0 aromatic heterocycles. The molecule has 0 bridgehead atoms. The number of primary amides is 1. The lowest BCUT2D eigenvalue weighted by atomic mass is 9.52. The average molecular weight is 596 g/mol. The van der Waals surface area contributed by atoms with E-state index in [-0.39, 0.29) is 24.6 Å². The molecule has 3 fully saturated rings. The van der Waals surface area contributed by atoms with Crippen molar-refractivity contribution in [2.45, 2.75) is 49.7 Å². The highest BCUT2D eigenvalue weighted by molar-refractivity contribution is 6.32. The van der Waals surface area contributed by atoms with E-state index in [0.29, 0.717) is 19.6 Å². The number of aromatic hydroxyl groups is 1. The second-order valence-corrected chi connectivity index (χ2v) is 12.0. The molecule has 0 radical (unpaired) electrons. The number of phenols is 1. The summed E-state index contributed by atoms with van der Waals surface area (Å²) in [6.07, 6.45) is -5.13. The molecule has 4 N–H and O–H groups in total. The van der Waals surface area contributed by atoms with Crippen LogP contribution >= 0.6 is 0 Å². The molecule has 0 spiro atoms. The van der Waals surface area contributed by atoms with Gasteiger partial charge in [-0.1, -0.05) is 0 Å². The summed E-state index contributed by atoms with van der Waals surface area (Å²) in [5.74, 6) is -13.4. The smallest absolute Gasteiger partial charge is 0.417 e. The average Bonchev–Trinajstić information content (AvgIpc) is 3.40. The highest BCUT2D eigenvalue weighted by Crippen LogP contribution is 2.52. The SMILES string of the molecule is CN(C)[C@@H]1C(=O)C(C(N)=O)C(=O)[C@@]2(O)C(=O)C3C(=O)c4c(O)cc(CN(C)[C@@H]5CCOC5)c(C(F)(F)F)c4C[C@H]3C[C@@H]12. The third-order valence-corrected chi connectivity index (χ3v) is 9.38. The first-order valence-corrected chi connectivity index (χ1v) is 13.6. The first-order valence-electron chi connectivity index (χ1n) is 13.6. The van der Waals surface area contributed by atoms with Crippen LogP contribution in [-0.4, -0.2) is 101 Å². The zero-order chi connectivity index (χ0) is 31.0. The van der Waals surface area contributed by atoms with Crippen LogP contribution in [0.3, 0.4) is 0 Å². The topological polar surface area (TPSA) is 168 Å². The van der Waals surface area contributed by atoms with Crippen molar-refractivity contribution in [3.05, 3.63) is 28.3 Å². The Bertz CT molecular complexity index is 1390. The third-order valence-electron chi connectivity index (χ3n) is 9.38. The van der Waals surface area contributed by atoms with Gasteiger partial charge in [-0.25, -0.2) is 0 Å². The van der Waals surface area contributed by atoms with Crippen molar-refractivity contribution >= 4 is 29.0 Å². The van der Waals surface area contributed by atoms with Gasteiger partial charge in [0.15, 0.2) is 34.7 Å². The molecule has 14 heteroatoms. The van der Waals surface area contributed by atoms with E-state index in [0.717, 1.165) is 6.07 Å². The normalized spacial score (nSPS) is 33.2. The first-order chi connectivity index (χ1) is 19.5. The number of nitrogens with two attached hydrogens (primary N) is 1. The number of aliphatic hydroxyl groups is 1. The van der Waals surface area contributed by atoms with E-state index >= 15 is 0 Å². The number of Topliss-reactive ketones (excluding diaryl/α,β-unsaturated/α-hetero) is 4. The fourth-order valence-electron chi connectivity index (χ4n) is 7.49. The standard InChI is InChI=1S/C28H32F3N3O8/c1-33(2)21-15-7-11-6-14-18(22(36)17(11)24(38)27(15,41)25(39)19(23(21)37)26(32)40)16(35)8-12(20(14)28(29,30)31)9-34(3)13-4-5-42-10-13/h8,11,13,15,17,19,21,35,41H,4-7,9-10H2,1-3H3,(H2,32,40)/t11-,13+,15-,17?,19?,21-,27-/m0/s1. The maximum absolute atomic E-state index is 14.7. The lowest BCUT2D eigenvalue weighted by Gasteiger charge is -2.52. The summed E-state index contributed by atoms with van der Waals surface area (Å²) in [7, 11) is 4.48. The molecule has 1 saturated heterocycles. The Hall–Kier alpha value is -3.20. The molecule has 11 nitrogen and oxygen atoms in total. The van der Waals surface area contributed by atoms with Crippen LogP contribution in [0.4, 0.5) is 13.2 Å². The number of alkyl halides is 3. The number of benzene rings is 1. The number of nitrogens with zero attached hydrogens (tertiary/aromatic N) is 2. The molecule has 4 aliphatic rings. The Labute approximate surface area is 238 Å². The van der Waals surface area contributed by atoms with E-state index in [1.54, 1.807) is 11.9 Å². The van der Waals surface area contributed by atoms with Crippen LogP contribution in [0.2, 0.25) is 0 Å². The molecule has 3 aliphatic carbocycles. The lowest BCUT2D eigenvalue weighted by molar-refractivity contribution is -0.181. The van der Waals surface area contributed by atoms with Crippen LogP contribution in [0.15, 0.2) is 6.07 Å². The van der Waals surface area contributed by atoms with Gasteiger partial charge in [0.1, 0.15) is 5.75 Å². The minimum atomic E-state index is -4.93. The fourth-order valence-corrected chi connectivity index (χ4v) is 7.49. The summed E-state index contributed by atoms with van der Waals surface area (Å²) in [4.78, 5) is 69.2. The first kappa shape index (κ1) is 30.3. The Morgan fingerprint density at radius 1 is 1.17 bits per heavy atom. The number of rotatable bonds is 5. The molecule has 1 heterocycles. The van der Waals surface area contributed by atoms with Gasteiger partial charge in [-0.15, -0.1) is 0 Å². The third kappa shape index (κ3) is 4.38. The molecule has 1 amide bonds. The maximum Gasteiger partial charge on any atom is 0.417 e. The van der Waals surface area contributed by atoms with Crippen molar-refractivity contribution < 1.29 is 52.1 Å². The number of hydrogen-bond donors (Lipinski definition) is 3. The van der Waals surface area contributed by atoms with Crippen LogP contribution in [-0.2, 0) is 43.1 Å². The summed E-state index contributed by atoms with van der Waals surface area (Å²) >= 11 is 0. The monoisotopic (exact) mass is 595 g/mol. The van der Waals surface area contributed by atoms with Gasteiger partial charge in [0.2, 0.25) is 5.91 Å². The summed E-state index contributed by atoms with van der Waals surface area (Å²) in [6.45, 7) is 0.604. The van der Waals surface area contributed by atoms with Crippen molar-refractivity contribution in [2.75, 3.05) is 34.4 Å². The number of phenolic OH excluding ortho intramolecular Hbond substituents is 1. The van der Waals surface area contributed by atoms with E-state index < -0.39 is 99.4 Å². The Morgan fingerprint density at radius 3 is 2.38 bits per heavy atom. The van der Waals surface area contributed by atoms with Gasteiger partial charge in [-0.2, -0.15) is 13.2 Å². The molecule has 5 rings (SSSR count). The number of ketones is 4. The number of halogens is 3. The van der Waals surface area contributed by atoms with Crippen LogP contribution in [0, 0.1) is 23.7 Å². The van der Waals surface area contributed by atoms with Crippen molar-refractivity contribution in [3.8, 4) is 5.75 Å². The summed E-state index contributed by atoms with van der Waals surface area (Å²) in [5, 5.41) is 22.5. The van der Waals surface area contributed by atoms with Gasteiger partial charge in [-0.3, -0.25) is 33.8 Å². The summed E-state index contributed by atoms with van der Waals surface area (Å²) in [6, 6.07) is -0.625. The van der Waals surface area contributed by atoms with Crippen LogP contribution < -0.4 is 5.73 Å². The number of carbonyl (C=O) groups is 5. The minimum absolute atomic E-state index is 0.141. The maximum atomic E-state index is 14.7. The highest BCUT2D eigenvalue weighted by Gasteiger charge is 2.69. The van der Waals surface area contributed by atoms with Crippen molar-refractivity contribution in [2.24, 2.45) is 29.4 Å². The number of fused-ring (bicyclic) bond motifs is 3. The largest absolute Gasteiger partial charge is 0.507 e. The van der Waals surface area contributed by atoms with Crippen molar-refractivity contribution in [3.63, 3.8) is 0 Å². The molecule has 228 valence electrons. The summed E-state index contributed by atoms with van der Waals surface area (Å²) < 4.78 is 49.3. The summed E-state index contributed by atoms with van der Waals surface area (Å²) in [5.41, 5.74) is -0.168. The predicted molar refractivity (Wildman–Crippen MR) is 137 cm³/mol. The molecular formula is C28H32F3N3O8. The van der Waals surface area contributed by atoms with Crippen molar-refractivity contribution in [1.29, 1.82) is 0 Å². The number of ether oxygens (including phenoxy) is 1. The molecule has 42 heavy (non-hydrogen) atoms. The zero-order valence-electron chi connectivity index (χ0n) is 23.2. The fraction of sp³-hybridized carbons (Fsp3) is 0.607. The van der Waals surface area contributed by atoms with E-state index in [1.165, 1.54) is 19.0 Å². The van der Waals surface area contributed by atoms with E-state index in [1.807, 2.05) is 0 Å². The van der Waals surface area contributed by atoms with Gasteiger partial charge in [0, 0.05) is 25.1 Å². The molecule has 1 aromatic carbocycles. The van der Waals surface area contributed by atoms with E-state index in [9.17, 15) is 47.4 Å². The van der Waals surface area contributed by atoms with E-state index in [4.69, 9.17) is 10.5 Å². The van der Waals surface area contributed by atoms with Gasteiger partial charge in [-0.05, 0) is 63.5 Å². The van der Waals surface area contributed by atoms with Crippen LogP contribution in [0.5, 0.6) is 5.75 Å². The second kappa shape index (κ2) is 10.2. The van der Waals surface area contributed by atoms with Gasteiger partial charge >= 0.3 is 6.18 Å². The molecule has 2 saturated carbocycles. The minimum Gasteiger partial charge on any atom is -0.507 e. The Morgan fingerprint density at radius 2 is 1.83 bits per heavy atom. The van der Waals surface area contributed by atoms with E-state index in [2.05, 4.69) is 0 Å². The quantitative estimate of drug-likeness (QED) is 0.398. The molecule has 2 unspecified atom stereocenters. The van der Waals surface area contributed by atoms with Crippen molar-refractivity contribution in [1.82, 2.24) is 9.80 Å². The molecule has 7 atom stereocenters. The lowest BCUT2D eigenvalue weighted by Crippen LogP contribution is -2.74. The van der Waals surface area contributed by atoms with Gasteiger partial charge < -0.3 is 20.7 Å². The highest BCUT2D eigenvalue weighted by atomic mass is 19.4. The zero-order valence-corrected chi connectivity index (χ0v) is 23.2. The predicted octanol–water partition coefficient (Wildman–Crippen LogP) is 0.107. The van der Waals surface area contributed by atoms with Gasteiger partial charge in [0.25, 0.3) is 0 Å². The number of amides is 1. The number of likely N-dealkylation sites (N-methyl/N-ethyl adjacent to an activating group) is 2. The van der Waals surface area contributed by atoms with Gasteiger partial charge in [0.05, 0.1) is 29.7 Å². The Kier molecular flexibility index (Phi) is 7.36. The number of hydrogen-bond acceptors (Lipinski definition) is 10. The molecular weight excluding hydrogens is 563 g/mol. The second-order valence-electron chi connectivity index (χ2n) is 12.0. The van der Waals surface area contributed by atoms with Crippen LogP contribution in [0.25, 0.3) is 0 Å². The molecule has 1 aliphatic heterocycles. The Balaban J connectivity index is 1.63. The molecule has 1 aromatic rings. The van der Waals surface area contributed by atoms with Crippen LogP contribution in [0.1, 0.15) is 39.9 Å². The number of carbonyl (C=O) groups excluding carboxylic acids is 5.